The number of rotatable bonds is 7. The fourth-order valence-corrected chi connectivity index (χ4v) is 2.99. The Balaban J connectivity index is 1.56. The number of thiophene rings is 1. The van der Waals surface area contributed by atoms with Crippen molar-refractivity contribution in [3.8, 4) is 0 Å². The fourth-order valence-electron chi connectivity index (χ4n) is 2.05. The van der Waals surface area contributed by atoms with Gasteiger partial charge >= 0.3 is 0 Å². The lowest BCUT2D eigenvalue weighted by atomic mass is 10.2. The van der Waals surface area contributed by atoms with E-state index in [9.17, 15) is 4.79 Å². The summed E-state index contributed by atoms with van der Waals surface area (Å²) in [5.74, 6) is 0.791. The molecule has 2 rings (SSSR count). The van der Waals surface area contributed by atoms with E-state index in [2.05, 4.69) is 24.4 Å². The highest BCUT2D eigenvalue weighted by Crippen LogP contribution is 2.31. The molecule has 0 aromatic carbocycles. The number of aryl methyl sites for hydroxylation is 2. The molecule has 1 fully saturated rings. The molecule has 1 amide bonds. The van der Waals surface area contributed by atoms with Gasteiger partial charge in [-0.05, 0) is 50.7 Å². The maximum Gasteiger partial charge on any atom is 0.220 e. The van der Waals surface area contributed by atoms with Crippen LogP contribution in [0.15, 0.2) is 12.1 Å². The number of nitrogens with one attached hydrogen (secondary N) is 1. The summed E-state index contributed by atoms with van der Waals surface area (Å²) in [6.07, 6.45) is 4.99. The topological polar surface area (TPSA) is 55.1 Å². The lowest BCUT2D eigenvalue weighted by Crippen LogP contribution is -2.38. The second-order valence-electron chi connectivity index (χ2n) is 5.17. The average molecular weight is 266 g/mol. The standard InChI is InChI=1S/C14H22N2OS/c1-10-5-8-12(18-10)3-2-4-14(17)16-9-13(15)11-6-7-11/h5,8,11,13H,2-4,6-7,9,15H2,1H3,(H,16,17). The van der Waals surface area contributed by atoms with Crippen LogP contribution in [0.4, 0.5) is 0 Å². The summed E-state index contributed by atoms with van der Waals surface area (Å²) < 4.78 is 0. The molecule has 1 aromatic rings. The van der Waals surface area contributed by atoms with E-state index in [1.165, 1.54) is 22.6 Å². The molecule has 1 heterocycles. The molecule has 0 bridgehead atoms. The minimum Gasteiger partial charge on any atom is -0.355 e. The maximum atomic E-state index is 11.6. The highest BCUT2D eigenvalue weighted by atomic mass is 32.1. The zero-order valence-corrected chi connectivity index (χ0v) is 11.8. The Kier molecular flexibility index (Phi) is 4.78. The van der Waals surface area contributed by atoms with Crippen LogP contribution in [0.2, 0.25) is 0 Å². The van der Waals surface area contributed by atoms with Crippen molar-refractivity contribution in [2.75, 3.05) is 6.54 Å². The molecule has 18 heavy (non-hydrogen) atoms. The minimum absolute atomic E-state index is 0.138. The molecular weight excluding hydrogens is 244 g/mol. The van der Waals surface area contributed by atoms with Crippen molar-refractivity contribution in [2.24, 2.45) is 11.7 Å². The van der Waals surface area contributed by atoms with Gasteiger partial charge in [0.1, 0.15) is 0 Å². The van der Waals surface area contributed by atoms with E-state index in [0.29, 0.717) is 18.9 Å². The summed E-state index contributed by atoms with van der Waals surface area (Å²) in [7, 11) is 0. The molecular formula is C14H22N2OS. The molecule has 0 spiro atoms. The largest absolute Gasteiger partial charge is 0.355 e. The Bertz CT molecular complexity index is 398. The lowest BCUT2D eigenvalue weighted by molar-refractivity contribution is -0.121. The van der Waals surface area contributed by atoms with E-state index in [4.69, 9.17) is 5.73 Å². The van der Waals surface area contributed by atoms with Gasteiger partial charge in [-0.15, -0.1) is 11.3 Å². The predicted molar refractivity (Wildman–Crippen MR) is 75.7 cm³/mol. The van der Waals surface area contributed by atoms with Gasteiger partial charge in [0.2, 0.25) is 5.91 Å². The molecule has 1 atom stereocenters. The van der Waals surface area contributed by atoms with Gasteiger partial charge in [-0.2, -0.15) is 0 Å². The SMILES string of the molecule is Cc1ccc(CCCC(=O)NCC(N)C2CC2)s1. The third-order valence-electron chi connectivity index (χ3n) is 3.39. The Morgan fingerprint density at radius 1 is 1.56 bits per heavy atom. The third kappa shape index (κ3) is 4.42. The van der Waals surface area contributed by atoms with Crippen molar-refractivity contribution in [2.45, 2.75) is 45.1 Å². The van der Waals surface area contributed by atoms with E-state index < -0.39 is 0 Å². The molecule has 3 nitrogen and oxygen atoms in total. The first-order valence-corrected chi connectivity index (χ1v) is 7.54. The first-order chi connectivity index (χ1) is 8.65. The summed E-state index contributed by atoms with van der Waals surface area (Å²) >= 11 is 1.82. The molecule has 0 saturated heterocycles. The van der Waals surface area contributed by atoms with Crippen LogP contribution in [-0.2, 0) is 11.2 Å². The first kappa shape index (κ1) is 13.6. The number of hydrogen-bond donors (Lipinski definition) is 2. The molecule has 3 N–H and O–H groups in total. The maximum absolute atomic E-state index is 11.6. The van der Waals surface area contributed by atoms with Crippen LogP contribution in [0, 0.1) is 12.8 Å². The Morgan fingerprint density at radius 2 is 2.33 bits per heavy atom. The number of carbonyl (C=O) groups is 1. The van der Waals surface area contributed by atoms with E-state index in [1.54, 1.807) is 0 Å². The Hall–Kier alpha value is -0.870. The molecule has 100 valence electrons. The summed E-state index contributed by atoms with van der Waals surface area (Å²) in [5.41, 5.74) is 5.94. The number of carbonyl (C=O) groups excluding carboxylic acids is 1. The highest BCUT2D eigenvalue weighted by molar-refractivity contribution is 7.11. The summed E-state index contributed by atoms with van der Waals surface area (Å²) in [4.78, 5) is 14.3. The second-order valence-corrected chi connectivity index (χ2v) is 6.54. The Morgan fingerprint density at radius 3 is 2.94 bits per heavy atom. The molecule has 1 unspecified atom stereocenters. The van der Waals surface area contributed by atoms with Crippen molar-refractivity contribution in [3.63, 3.8) is 0 Å². The van der Waals surface area contributed by atoms with E-state index >= 15 is 0 Å². The van der Waals surface area contributed by atoms with Crippen LogP contribution in [0.1, 0.15) is 35.4 Å². The number of amides is 1. The van der Waals surface area contributed by atoms with Gasteiger partial charge in [-0.1, -0.05) is 0 Å². The van der Waals surface area contributed by atoms with Gasteiger partial charge in [-0.25, -0.2) is 0 Å². The van der Waals surface area contributed by atoms with Crippen LogP contribution in [0.25, 0.3) is 0 Å². The molecule has 1 aliphatic rings. The zero-order valence-electron chi connectivity index (χ0n) is 10.9. The third-order valence-corrected chi connectivity index (χ3v) is 4.45. The monoisotopic (exact) mass is 266 g/mol. The highest BCUT2D eigenvalue weighted by Gasteiger charge is 2.28. The smallest absolute Gasteiger partial charge is 0.220 e. The molecule has 1 aliphatic carbocycles. The van der Waals surface area contributed by atoms with Gasteiger partial charge in [-0.3, -0.25) is 4.79 Å². The molecule has 1 aromatic heterocycles. The van der Waals surface area contributed by atoms with Gasteiger partial charge in [0.25, 0.3) is 0 Å². The lowest BCUT2D eigenvalue weighted by Gasteiger charge is -2.11. The molecule has 0 aliphatic heterocycles. The van der Waals surface area contributed by atoms with Gasteiger partial charge in [0.05, 0.1) is 0 Å². The quantitative estimate of drug-likeness (QED) is 0.795. The van der Waals surface area contributed by atoms with Gasteiger partial charge in [0.15, 0.2) is 0 Å². The number of nitrogens with two attached hydrogens (primary N) is 1. The molecule has 4 heteroatoms. The van der Waals surface area contributed by atoms with Crippen molar-refractivity contribution < 1.29 is 4.79 Å². The average Bonchev–Trinajstić information content (AvgIpc) is 3.11. The van der Waals surface area contributed by atoms with E-state index in [0.717, 1.165) is 12.8 Å². The van der Waals surface area contributed by atoms with Crippen LogP contribution >= 0.6 is 11.3 Å². The normalized spacial score (nSPS) is 16.6. The van der Waals surface area contributed by atoms with Gasteiger partial charge in [0, 0.05) is 28.8 Å². The van der Waals surface area contributed by atoms with E-state index in [-0.39, 0.29) is 11.9 Å². The van der Waals surface area contributed by atoms with Crippen molar-refractivity contribution >= 4 is 17.2 Å². The van der Waals surface area contributed by atoms with Crippen molar-refractivity contribution in [1.82, 2.24) is 5.32 Å². The zero-order chi connectivity index (χ0) is 13.0. The molecule has 0 radical (unpaired) electrons. The summed E-state index contributed by atoms with van der Waals surface area (Å²) in [6.45, 7) is 2.75. The summed E-state index contributed by atoms with van der Waals surface area (Å²) in [6, 6.07) is 4.45. The predicted octanol–water partition coefficient (Wildman–Crippen LogP) is 2.23. The second kappa shape index (κ2) is 6.34. The van der Waals surface area contributed by atoms with Crippen LogP contribution in [0.5, 0.6) is 0 Å². The minimum atomic E-state index is 0.138. The van der Waals surface area contributed by atoms with Crippen LogP contribution in [0.3, 0.4) is 0 Å². The van der Waals surface area contributed by atoms with Crippen LogP contribution < -0.4 is 11.1 Å². The van der Waals surface area contributed by atoms with Crippen molar-refractivity contribution in [1.29, 1.82) is 0 Å². The van der Waals surface area contributed by atoms with Crippen molar-refractivity contribution in [3.05, 3.63) is 21.9 Å². The fraction of sp³-hybridized carbons (Fsp3) is 0.643. The van der Waals surface area contributed by atoms with E-state index in [1.807, 2.05) is 11.3 Å². The first-order valence-electron chi connectivity index (χ1n) is 6.73. The van der Waals surface area contributed by atoms with Gasteiger partial charge < -0.3 is 11.1 Å². The van der Waals surface area contributed by atoms with Crippen LogP contribution in [-0.4, -0.2) is 18.5 Å². The molecule has 1 saturated carbocycles. The summed E-state index contributed by atoms with van der Waals surface area (Å²) in [5, 5.41) is 2.93. The number of hydrogen-bond acceptors (Lipinski definition) is 3. The Labute approximate surface area is 113 Å².